The van der Waals surface area contributed by atoms with Crippen LogP contribution in [0.2, 0.25) is 0 Å². The summed E-state index contributed by atoms with van der Waals surface area (Å²) in [6, 6.07) is 0. The van der Waals surface area contributed by atoms with Crippen LogP contribution in [0, 0.1) is 11.8 Å². The van der Waals surface area contributed by atoms with E-state index in [9.17, 15) is 4.79 Å². The molecule has 0 radical (unpaired) electrons. The zero-order valence-electron chi connectivity index (χ0n) is 6.29. The van der Waals surface area contributed by atoms with Crippen LogP contribution in [0.25, 0.3) is 0 Å². The lowest BCUT2D eigenvalue weighted by Crippen LogP contribution is -2.44. The van der Waals surface area contributed by atoms with Gasteiger partial charge in [0, 0.05) is 19.0 Å². The SMILES string of the molecule is C[C@H]1C[C@H](C=O)CN(N)C1. The minimum absolute atomic E-state index is 0.161. The normalized spacial score (nSPS) is 35.8. The highest BCUT2D eigenvalue weighted by atomic mass is 16.1. The number of hydrazine groups is 1. The van der Waals surface area contributed by atoms with E-state index in [1.807, 2.05) is 0 Å². The molecule has 0 aromatic heterocycles. The number of nitrogens with zero attached hydrogens (tertiary/aromatic N) is 1. The number of piperidine rings is 1. The zero-order valence-corrected chi connectivity index (χ0v) is 6.29. The number of carbonyl (C=O) groups is 1. The molecule has 3 nitrogen and oxygen atoms in total. The van der Waals surface area contributed by atoms with Crippen LogP contribution in [0.1, 0.15) is 13.3 Å². The van der Waals surface area contributed by atoms with Crippen molar-refractivity contribution in [1.82, 2.24) is 5.01 Å². The van der Waals surface area contributed by atoms with E-state index in [0.717, 1.165) is 25.8 Å². The molecule has 2 atom stereocenters. The molecule has 2 N–H and O–H groups in total. The summed E-state index contributed by atoms with van der Waals surface area (Å²) in [4.78, 5) is 10.4. The van der Waals surface area contributed by atoms with Crippen molar-refractivity contribution >= 4 is 6.29 Å². The van der Waals surface area contributed by atoms with Crippen LogP contribution in [0.5, 0.6) is 0 Å². The van der Waals surface area contributed by atoms with Crippen LogP contribution < -0.4 is 5.84 Å². The number of aldehydes is 1. The van der Waals surface area contributed by atoms with Gasteiger partial charge >= 0.3 is 0 Å². The average molecular weight is 142 g/mol. The summed E-state index contributed by atoms with van der Waals surface area (Å²) < 4.78 is 0. The van der Waals surface area contributed by atoms with E-state index in [-0.39, 0.29) is 5.92 Å². The van der Waals surface area contributed by atoms with Gasteiger partial charge in [-0.1, -0.05) is 6.92 Å². The fraction of sp³-hybridized carbons (Fsp3) is 0.857. The molecule has 0 spiro atoms. The maximum atomic E-state index is 10.4. The van der Waals surface area contributed by atoms with Crippen molar-refractivity contribution in [3.63, 3.8) is 0 Å². The Morgan fingerprint density at radius 2 is 2.30 bits per heavy atom. The number of hydrogen-bond donors (Lipinski definition) is 1. The Labute approximate surface area is 61.2 Å². The lowest BCUT2D eigenvalue weighted by Gasteiger charge is -2.30. The highest BCUT2D eigenvalue weighted by Gasteiger charge is 2.21. The average Bonchev–Trinajstić information content (AvgIpc) is 1.85. The maximum Gasteiger partial charge on any atom is 0.124 e. The predicted molar refractivity (Wildman–Crippen MR) is 39.1 cm³/mol. The Bertz CT molecular complexity index is 117. The Hall–Kier alpha value is -0.410. The van der Waals surface area contributed by atoms with Crippen molar-refractivity contribution in [2.24, 2.45) is 17.7 Å². The molecule has 1 heterocycles. The van der Waals surface area contributed by atoms with Gasteiger partial charge in [0.1, 0.15) is 6.29 Å². The summed E-state index contributed by atoms with van der Waals surface area (Å²) in [6.07, 6.45) is 2.01. The van der Waals surface area contributed by atoms with E-state index in [4.69, 9.17) is 5.84 Å². The molecule has 0 aromatic carbocycles. The molecule has 0 aromatic rings. The first kappa shape index (κ1) is 7.69. The molecule has 58 valence electrons. The van der Waals surface area contributed by atoms with E-state index >= 15 is 0 Å². The van der Waals surface area contributed by atoms with Crippen LogP contribution in [0.4, 0.5) is 0 Å². The summed E-state index contributed by atoms with van der Waals surface area (Å²) in [7, 11) is 0. The number of nitrogens with two attached hydrogens (primary N) is 1. The fourth-order valence-electron chi connectivity index (χ4n) is 1.54. The van der Waals surface area contributed by atoms with Crippen LogP contribution in [-0.4, -0.2) is 24.4 Å². The largest absolute Gasteiger partial charge is 0.303 e. The molecule has 0 amide bonds. The lowest BCUT2D eigenvalue weighted by molar-refractivity contribution is -0.113. The third-order valence-electron chi connectivity index (χ3n) is 1.91. The van der Waals surface area contributed by atoms with E-state index in [2.05, 4.69) is 6.92 Å². The van der Waals surface area contributed by atoms with Crippen LogP contribution in [0.3, 0.4) is 0 Å². The van der Waals surface area contributed by atoms with Crippen molar-refractivity contribution < 1.29 is 4.79 Å². The molecule has 0 bridgehead atoms. The van der Waals surface area contributed by atoms with E-state index < -0.39 is 0 Å². The Kier molecular flexibility index (Phi) is 2.40. The van der Waals surface area contributed by atoms with Crippen molar-refractivity contribution in [1.29, 1.82) is 0 Å². The topological polar surface area (TPSA) is 46.3 Å². The monoisotopic (exact) mass is 142 g/mol. The van der Waals surface area contributed by atoms with Crippen molar-refractivity contribution in [3.8, 4) is 0 Å². The van der Waals surface area contributed by atoms with Crippen LogP contribution in [-0.2, 0) is 4.79 Å². The summed E-state index contributed by atoms with van der Waals surface area (Å²) >= 11 is 0. The van der Waals surface area contributed by atoms with Gasteiger partial charge in [0.05, 0.1) is 0 Å². The maximum absolute atomic E-state index is 10.4. The Morgan fingerprint density at radius 1 is 1.60 bits per heavy atom. The first-order valence-corrected chi connectivity index (χ1v) is 3.67. The fourth-order valence-corrected chi connectivity index (χ4v) is 1.54. The number of carbonyl (C=O) groups excluding carboxylic acids is 1. The molecule has 1 aliphatic heterocycles. The van der Waals surface area contributed by atoms with Gasteiger partial charge in [0.15, 0.2) is 0 Å². The number of rotatable bonds is 1. The second-order valence-corrected chi connectivity index (χ2v) is 3.19. The van der Waals surface area contributed by atoms with E-state index in [0.29, 0.717) is 5.92 Å². The Balaban J connectivity index is 2.42. The molecular weight excluding hydrogens is 128 g/mol. The minimum Gasteiger partial charge on any atom is -0.303 e. The molecule has 1 aliphatic rings. The van der Waals surface area contributed by atoms with Gasteiger partial charge in [0.25, 0.3) is 0 Å². The number of hydrogen-bond acceptors (Lipinski definition) is 3. The van der Waals surface area contributed by atoms with Crippen LogP contribution >= 0.6 is 0 Å². The molecule has 1 saturated heterocycles. The van der Waals surface area contributed by atoms with Gasteiger partial charge < -0.3 is 4.79 Å². The Morgan fingerprint density at radius 3 is 2.80 bits per heavy atom. The predicted octanol–water partition coefficient (Wildman–Crippen LogP) is 0.0170. The third-order valence-corrected chi connectivity index (χ3v) is 1.91. The second kappa shape index (κ2) is 3.12. The molecule has 0 saturated carbocycles. The molecule has 1 rings (SSSR count). The molecule has 0 aliphatic carbocycles. The molecule has 3 heteroatoms. The molecule has 0 unspecified atom stereocenters. The first-order valence-electron chi connectivity index (χ1n) is 3.67. The van der Waals surface area contributed by atoms with Crippen molar-refractivity contribution in [2.75, 3.05) is 13.1 Å². The molecular formula is C7H14N2O. The second-order valence-electron chi connectivity index (χ2n) is 3.19. The van der Waals surface area contributed by atoms with Crippen molar-refractivity contribution in [2.45, 2.75) is 13.3 Å². The van der Waals surface area contributed by atoms with Gasteiger partial charge in [-0.05, 0) is 12.3 Å². The summed E-state index contributed by atoms with van der Waals surface area (Å²) in [5, 5.41) is 1.73. The van der Waals surface area contributed by atoms with E-state index in [1.54, 1.807) is 5.01 Å². The minimum atomic E-state index is 0.161. The highest BCUT2D eigenvalue weighted by Crippen LogP contribution is 2.17. The zero-order chi connectivity index (χ0) is 7.56. The summed E-state index contributed by atoms with van der Waals surface area (Å²) in [6.45, 7) is 3.77. The molecule has 1 fully saturated rings. The van der Waals surface area contributed by atoms with Gasteiger partial charge in [-0.15, -0.1) is 0 Å². The van der Waals surface area contributed by atoms with Gasteiger partial charge in [-0.3, -0.25) is 5.84 Å². The highest BCUT2D eigenvalue weighted by molar-refractivity contribution is 5.54. The van der Waals surface area contributed by atoms with E-state index in [1.165, 1.54) is 0 Å². The molecule has 10 heavy (non-hydrogen) atoms. The smallest absolute Gasteiger partial charge is 0.124 e. The quantitative estimate of drug-likeness (QED) is 0.414. The van der Waals surface area contributed by atoms with Crippen LogP contribution in [0.15, 0.2) is 0 Å². The first-order chi connectivity index (χ1) is 4.72. The third kappa shape index (κ3) is 1.78. The summed E-state index contributed by atoms with van der Waals surface area (Å²) in [5.41, 5.74) is 0. The lowest BCUT2D eigenvalue weighted by atomic mass is 9.93. The van der Waals surface area contributed by atoms with Gasteiger partial charge in [-0.2, -0.15) is 0 Å². The van der Waals surface area contributed by atoms with Gasteiger partial charge in [0.2, 0.25) is 0 Å². The standard InChI is InChI=1S/C7H14N2O/c1-6-2-7(5-10)4-9(8)3-6/h5-7H,2-4,8H2,1H3/t6-,7-/m0/s1. The summed E-state index contributed by atoms with van der Waals surface area (Å²) in [5.74, 6) is 6.29. The van der Waals surface area contributed by atoms with Crippen molar-refractivity contribution in [3.05, 3.63) is 0 Å². The van der Waals surface area contributed by atoms with Gasteiger partial charge in [-0.25, -0.2) is 5.01 Å².